The lowest BCUT2D eigenvalue weighted by Crippen LogP contribution is -2.91. The first-order valence-corrected chi connectivity index (χ1v) is 16.9. The molecule has 0 bridgehead atoms. The SMILES string of the molecule is C1CCCC2C(CC1)C1CC3CC4C(CC3CC21)C1C4C2C1C1C3C4C5C6CCC6C5C4C3C21. The molecule has 0 aromatic heterocycles. The Morgan fingerprint density at radius 1 is 0.235 bits per heavy atom. The van der Waals surface area contributed by atoms with E-state index >= 15 is 0 Å². The molecule has 0 spiro atoms. The molecule has 12 fully saturated rings. The van der Waals surface area contributed by atoms with Crippen LogP contribution in [0.25, 0.3) is 0 Å². The third-order valence-electron chi connectivity index (χ3n) is 18.0. The maximum absolute atomic E-state index is 1.73. The molecule has 0 heteroatoms. The molecule has 0 aromatic rings. The Bertz CT molecular complexity index is 895. The van der Waals surface area contributed by atoms with Crippen molar-refractivity contribution >= 4 is 0 Å². The van der Waals surface area contributed by atoms with Crippen LogP contribution in [0.5, 0.6) is 0 Å². The van der Waals surface area contributed by atoms with Gasteiger partial charge in [0.2, 0.25) is 0 Å². The molecule has 34 heavy (non-hydrogen) atoms. The molecule has 182 valence electrons. The van der Waals surface area contributed by atoms with E-state index < -0.39 is 0 Å². The third kappa shape index (κ3) is 1.61. The lowest BCUT2D eigenvalue weighted by atomic mass is 9.10. The van der Waals surface area contributed by atoms with Gasteiger partial charge in [0.1, 0.15) is 0 Å². The molecule has 12 aliphatic carbocycles. The Kier molecular flexibility index (Phi) is 2.99. The fourth-order valence-corrected chi connectivity index (χ4v) is 17.3. The molecule has 0 saturated heterocycles. The summed E-state index contributed by atoms with van der Waals surface area (Å²) in [5.74, 6) is 27.7. The second-order valence-corrected chi connectivity index (χ2v) is 17.3. The molecule has 12 rings (SSSR count). The van der Waals surface area contributed by atoms with E-state index in [0.29, 0.717) is 0 Å². The molecule has 0 radical (unpaired) electrons. The van der Waals surface area contributed by atoms with Crippen LogP contribution in [0.1, 0.15) is 77.0 Å². The van der Waals surface area contributed by atoms with Gasteiger partial charge in [-0.15, -0.1) is 0 Å². The van der Waals surface area contributed by atoms with Crippen LogP contribution in [0, 0.1) is 130 Å². The van der Waals surface area contributed by atoms with Crippen LogP contribution in [-0.4, -0.2) is 0 Å². The summed E-state index contributed by atoms with van der Waals surface area (Å²) in [6, 6.07) is 0. The Balaban J connectivity index is 0.783. The van der Waals surface area contributed by atoms with Crippen molar-refractivity contribution in [2.75, 3.05) is 0 Å². The summed E-state index contributed by atoms with van der Waals surface area (Å²) in [6.45, 7) is 0. The van der Waals surface area contributed by atoms with Crippen molar-refractivity contribution in [3.05, 3.63) is 0 Å². The predicted molar refractivity (Wildman–Crippen MR) is 132 cm³/mol. The lowest BCUT2D eigenvalue weighted by Gasteiger charge is -2.95. The number of rotatable bonds is 0. The molecule has 0 nitrogen and oxygen atoms in total. The largest absolute Gasteiger partial charge is 0.0533 e. The molecule has 0 amide bonds. The van der Waals surface area contributed by atoms with Crippen LogP contribution in [0.15, 0.2) is 0 Å². The molecular formula is C34H46. The highest BCUT2D eigenvalue weighted by molar-refractivity contribution is 5.37. The van der Waals surface area contributed by atoms with Crippen LogP contribution in [-0.2, 0) is 0 Å². The molecule has 12 aliphatic rings. The van der Waals surface area contributed by atoms with Gasteiger partial charge in [-0.25, -0.2) is 0 Å². The molecule has 12 saturated carbocycles. The van der Waals surface area contributed by atoms with Crippen molar-refractivity contribution in [2.24, 2.45) is 130 Å². The Morgan fingerprint density at radius 3 is 1.00 bits per heavy atom. The first-order valence-electron chi connectivity index (χ1n) is 16.9. The predicted octanol–water partition coefficient (Wildman–Crippen LogP) is 7.39. The fraction of sp³-hybridized carbons (Fsp3) is 1.00. The van der Waals surface area contributed by atoms with E-state index in [2.05, 4.69) is 0 Å². The van der Waals surface area contributed by atoms with Gasteiger partial charge in [0.05, 0.1) is 0 Å². The van der Waals surface area contributed by atoms with Crippen molar-refractivity contribution in [3.63, 3.8) is 0 Å². The molecule has 0 N–H and O–H groups in total. The van der Waals surface area contributed by atoms with E-state index in [0.717, 1.165) is 0 Å². The van der Waals surface area contributed by atoms with Gasteiger partial charge in [-0.05, 0) is 182 Å². The van der Waals surface area contributed by atoms with Crippen LogP contribution in [0.4, 0.5) is 0 Å². The first-order chi connectivity index (χ1) is 16.9. The molecule has 22 unspecified atom stereocenters. The topological polar surface area (TPSA) is 0 Å². The first kappa shape index (κ1) is 18.3. The van der Waals surface area contributed by atoms with Gasteiger partial charge in [0.25, 0.3) is 0 Å². The summed E-state index contributed by atoms with van der Waals surface area (Å²) in [6.07, 6.45) is 19.7. The molecular weight excluding hydrogens is 408 g/mol. The van der Waals surface area contributed by atoms with Crippen LogP contribution >= 0.6 is 0 Å². The van der Waals surface area contributed by atoms with E-state index in [4.69, 9.17) is 0 Å². The van der Waals surface area contributed by atoms with E-state index in [1.807, 2.05) is 0 Å². The highest BCUT2D eigenvalue weighted by Gasteiger charge is 2.90. The lowest BCUT2D eigenvalue weighted by molar-refractivity contribution is -0.479. The zero-order valence-electron chi connectivity index (χ0n) is 21.2. The zero-order chi connectivity index (χ0) is 21.2. The summed E-state index contributed by atoms with van der Waals surface area (Å²) >= 11 is 0. The Morgan fingerprint density at radius 2 is 0.588 bits per heavy atom. The van der Waals surface area contributed by atoms with Crippen molar-refractivity contribution in [3.8, 4) is 0 Å². The monoisotopic (exact) mass is 454 g/mol. The van der Waals surface area contributed by atoms with Gasteiger partial charge in [-0.1, -0.05) is 25.7 Å². The average Bonchev–Trinajstić information content (AvgIpc) is 2.78. The minimum Gasteiger partial charge on any atom is -0.0533 e. The second kappa shape index (κ2) is 5.55. The zero-order valence-corrected chi connectivity index (χ0v) is 21.2. The summed E-state index contributed by atoms with van der Waals surface area (Å²) in [5.41, 5.74) is 0. The van der Waals surface area contributed by atoms with Crippen molar-refractivity contribution in [1.82, 2.24) is 0 Å². The summed E-state index contributed by atoms with van der Waals surface area (Å²) in [7, 11) is 0. The maximum atomic E-state index is 1.73. The van der Waals surface area contributed by atoms with E-state index in [-0.39, 0.29) is 0 Å². The Hall–Kier alpha value is 0. The van der Waals surface area contributed by atoms with Crippen LogP contribution in [0.2, 0.25) is 0 Å². The summed E-state index contributed by atoms with van der Waals surface area (Å²) in [4.78, 5) is 0. The molecule has 0 aliphatic heterocycles. The summed E-state index contributed by atoms with van der Waals surface area (Å²) < 4.78 is 0. The van der Waals surface area contributed by atoms with E-state index in [1.54, 1.807) is 77.0 Å². The highest BCUT2D eigenvalue weighted by Crippen LogP contribution is 2.94. The van der Waals surface area contributed by atoms with Crippen LogP contribution in [0.3, 0.4) is 0 Å². The maximum Gasteiger partial charge on any atom is -0.0312 e. The van der Waals surface area contributed by atoms with Gasteiger partial charge in [-0.2, -0.15) is 0 Å². The van der Waals surface area contributed by atoms with Gasteiger partial charge < -0.3 is 0 Å². The standard InChI is InChI=1S/C34H46/c1-2-4-6-16-15(5-3-1)19-9-13-11-21-22(12-14(13)10-20(16)19)26-25(21)29-30(26)34-32-28-24-18-8-7-17(18)23(24)27(28)31(32)33(29)34/h13-34H,1-12H2. The van der Waals surface area contributed by atoms with Gasteiger partial charge >= 0.3 is 0 Å². The third-order valence-corrected chi connectivity index (χ3v) is 18.0. The molecule has 22 atom stereocenters. The van der Waals surface area contributed by atoms with Crippen molar-refractivity contribution in [1.29, 1.82) is 0 Å². The average molecular weight is 455 g/mol. The normalized spacial score (nSPS) is 78.4. The van der Waals surface area contributed by atoms with Gasteiger partial charge in [-0.3, -0.25) is 0 Å². The summed E-state index contributed by atoms with van der Waals surface area (Å²) in [5, 5.41) is 0. The molecule has 0 aromatic carbocycles. The van der Waals surface area contributed by atoms with E-state index in [9.17, 15) is 0 Å². The van der Waals surface area contributed by atoms with Gasteiger partial charge in [0, 0.05) is 0 Å². The number of fused-ring (bicyclic) bond motifs is 27. The van der Waals surface area contributed by atoms with Crippen molar-refractivity contribution < 1.29 is 0 Å². The fourth-order valence-electron chi connectivity index (χ4n) is 17.3. The quantitative estimate of drug-likeness (QED) is 0.335. The molecule has 0 heterocycles. The van der Waals surface area contributed by atoms with Crippen LogP contribution < -0.4 is 0 Å². The van der Waals surface area contributed by atoms with Crippen molar-refractivity contribution in [2.45, 2.75) is 77.0 Å². The second-order valence-electron chi connectivity index (χ2n) is 17.3. The highest BCUT2D eigenvalue weighted by atomic mass is 14.9. The number of hydrogen-bond acceptors (Lipinski definition) is 0. The minimum atomic E-state index is 1.19. The van der Waals surface area contributed by atoms with Gasteiger partial charge in [0.15, 0.2) is 0 Å². The minimum absolute atomic E-state index is 1.19. The smallest absolute Gasteiger partial charge is 0.0312 e. The number of hydrogen-bond donors (Lipinski definition) is 0. The Labute approximate surface area is 207 Å². The van der Waals surface area contributed by atoms with E-state index in [1.165, 1.54) is 130 Å².